The van der Waals surface area contributed by atoms with Crippen molar-refractivity contribution in [3.63, 3.8) is 0 Å². The fourth-order valence-electron chi connectivity index (χ4n) is 8.85. The van der Waals surface area contributed by atoms with E-state index in [9.17, 15) is 32.3 Å². The second-order valence-corrected chi connectivity index (χ2v) is 18.1. The van der Waals surface area contributed by atoms with Gasteiger partial charge in [0.05, 0.1) is 13.7 Å². The van der Waals surface area contributed by atoms with Gasteiger partial charge in [-0.1, -0.05) is 38.8 Å². The first kappa shape index (κ1) is 38.8. The third-order valence-electron chi connectivity index (χ3n) is 12.2. The Hall–Kier alpha value is -4.47. The molecule has 7 rings (SSSR count). The summed E-state index contributed by atoms with van der Waals surface area (Å²) in [5, 5.41) is 12.4. The molecule has 3 saturated carbocycles. The second kappa shape index (κ2) is 14.9. The van der Waals surface area contributed by atoms with Crippen LogP contribution in [-0.2, 0) is 24.4 Å². The lowest BCUT2D eigenvalue weighted by Gasteiger charge is -2.40. The summed E-state index contributed by atoms with van der Waals surface area (Å²) >= 11 is 0. The maximum Gasteiger partial charge on any atom is 0.408 e. The summed E-state index contributed by atoms with van der Waals surface area (Å²) in [7, 11) is -3.11. The molecule has 55 heavy (non-hydrogen) atoms. The van der Waals surface area contributed by atoms with Crippen molar-refractivity contribution in [1.82, 2.24) is 24.8 Å². The monoisotopic (exact) mass is 783 g/mol. The van der Waals surface area contributed by atoms with Crippen LogP contribution >= 0.6 is 0 Å². The number of pyridine rings is 1. The quantitative estimate of drug-likeness (QED) is 0.318. The summed E-state index contributed by atoms with van der Waals surface area (Å²) in [6.45, 7) is 3.86. The number of allylic oxidation sites excluding steroid dienone is 1. The van der Waals surface area contributed by atoms with Crippen LogP contribution in [0.1, 0.15) is 84.5 Å². The number of hydrogen-bond acceptors (Lipinski definition) is 9. The number of halogens is 1. The van der Waals surface area contributed by atoms with Crippen LogP contribution < -0.4 is 19.5 Å². The number of alkyl halides is 1. The largest absolute Gasteiger partial charge is 0.497 e. The molecule has 1 aromatic heterocycles. The minimum atomic E-state index is -4.67. The van der Waals surface area contributed by atoms with E-state index >= 15 is 4.79 Å². The van der Waals surface area contributed by atoms with Crippen molar-refractivity contribution in [3.05, 3.63) is 42.6 Å². The standard InChI is InChI=1S/C39H50FN5O9S/c1-23-8-4-5-9-26-21-39(26,36(48)43-55(51,52)38(40)15-16-38)42-33(46)31-20-29(54-34-30-13-12-28(53-3)19-25(30)14-17-41-34)22-44(31)35(47)32(24(2)18-23)45(37(49)50)27-10-6-7-11-27/h5,9,12-14,17,19,23-24,26-27,29,31-32H,4,6-8,10-11,15-16,18,20-22H2,1-3H3,(H,42,46)(H,43,48)(H,49,50)/t23-,24-,26-,29-,31+,32+,39-/m1/s1. The molecule has 7 atom stereocenters. The molecule has 2 aromatic rings. The van der Waals surface area contributed by atoms with Gasteiger partial charge in [0.2, 0.25) is 22.7 Å². The summed E-state index contributed by atoms with van der Waals surface area (Å²) in [4.78, 5) is 63.6. The summed E-state index contributed by atoms with van der Waals surface area (Å²) < 4.78 is 54.2. The van der Waals surface area contributed by atoms with Crippen molar-refractivity contribution < 1.29 is 46.6 Å². The number of hydrogen-bond donors (Lipinski definition) is 3. The highest BCUT2D eigenvalue weighted by atomic mass is 32.2. The number of carboxylic acid groups (broad SMARTS) is 1. The van der Waals surface area contributed by atoms with Crippen molar-refractivity contribution in [2.45, 2.75) is 119 Å². The van der Waals surface area contributed by atoms with Gasteiger partial charge in [-0.15, -0.1) is 0 Å². The highest BCUT2D eigenvalue weighted by Gasteiger charge is 2.64. The Morgan fingerprint density at radius 2 is 1.85 bits per heavy atom. The Labute approximate surface area is 320 Å². The van der Waals surface area contributed by atoms with Gasteiger partial charge in [-0.05, 0) is 80.0 Å². The Morgan fingerprint density at radius 3 is 2.55 bits per heavy atom. The maximum atomic E-state index is 15.1. The van der Waals surface area contributed by atoms with Gasteiger partial charge >= 0.3 is 6.09 Å². The van der Waals surface area contributed by atoms with Crippen LogP contribution in [0.5, 0.6) is 11.6 Å². The van der Waals surface area contributed by atoms with E-state index in [0.29, 0.717) is 43.2 Å². The van der Waals surface area contributed by atoms with Crippen molar-refractivity contribution in [3.8, 4) is 11.6 Å². The summed E-state index contributed by atoms with van der Waals surface area (Å²) in [6, 6.07) is 4.52. The molecule has 16 heteroatoms. The van der Waals surface area contributed by atoms with Crippen LogP contribution in [0.25, 0.3) is 10.8 Å². The molecule has 14 nitrogen and oxygen atoms in total. The SMILES string of the molecule is COc1ccc2c(O[C@@H]3C[C@H]4C(=O)N[C@]5(C(=O)NS(=O)(=O)C6(F)CC6)C[C@H]5C=CCC[C@@H](C)C[C@@H](C)[C@H](N(C(=O)O)C5CCCC5)C(=O)N4C3)nccc2c1. The van der Waals surface area contributed by atoms with Crippen LogP contribution in [0.3, 0.4) is 0 Å². The van der Waals surface area contributed by atoms with Crippen LogP contribution in [-0.4, -0.2) is 101 Å². The zero-order valence-corrected chi connectivity index (χ0v) is 32.2. The number of benzene rings is 1. The van der Waals surface area contributed by atoms with Gasteiger partial charge < -0.3 is 24.8 Å². The highest BCUT2D eigenvalue weighted by molar-refractivity contribution is 7.91. The molecule has 3 heterocycles. The molecule has 3 N–H and O–H groups in total. The molecular formula is C39H50FN5O9S. The van der Waals surface area contributed by atoms with Gasteiger partial charge in [0.1, 0.15) is 29.5 Å². The molecule has 0 bridgehead atoms. The van der Waals surface area contributed by atoms with E-state index < -0.39 is 74.4 Å². The first-order valence-electron chi connectivity index (χ1n) is 19.3. The number of nitrogens with one attached hydrogen (secondary N) is 2. The number of carbonyl (C=O) groups excluding carboxylic acids is 3. The molecule has 4 amide bonds. The fourth-order valence-corrected chi connectivity index (χ4v) is 10.1. The molecular weight excluding hydrogens is 734 g/mol. The molecule has 0 spiro atoms. The smallest absolute Gasteiger partial charge is 0.408 e. The van der Waals surface area contributed by atoms with Gasteiger partial charge in [0, 0.05) is 42.8 Å². The zero-order chi connectivity index (χ0) is 39.3. The van der Waals surface area contributed by atoms with Crippen LogP contribution in [0.4, 0.5) is 9.18 Å². The van der Waals surface area contributed by atoms with Crippen molar-refractivity contribution in [1.29, 1.82) is 0 Å². The Morgan fingerprint density at radius 1 is 1.11 bits per heavy atom. The van der Waals surface area contributed by atoms with E-state index in [2.05, 4.69) is 17.2 Å². The van der Waals surface area contributed by atoms with E-state index in [1.807, 2.05) is 23.8 Å². The number of rotatable bonds is 8. The van der Waals surface area contributed by atoms with E-state index in [-0.39, 0.29) is 50.1 Å². The van der Waals surface area contributed by atoms with Crippen molar-refractivity contribution in [2.24, 2.45) is 17.8 Å². The van der Waals surface area contributed by atoms with Gasteiger partial charge in [-0.2, -0.15) is 0 Å². The van der Waals surface area contributed by atoms with Gasteiger partial charge in [-0.3, -0.25) is 19.3 Å². The van der Waals surface area contributed by atoms with E-state index in [0.717, 1.165) is 18.2 Å². The van der Waals surface area contributed by atoms with Gasteiger partial charge in [0.25, 0.3) is 15.9 Å². The topological polar surface area (TPSA) is 185 Å². The maximum absolute atomic E-state index is 15.1. The van der Waals surface area contributed by atoms with Crippen molar-refractivity contribution in [2.75, 3.05) is 13.7 Å². The summed E-state index contributed by atoms with van der Waals surface area (Å²) in [6.07, 6.45) is 7.66. The van der Waals surface area contributed by atoms with E-state index in [1.54, 1.807) is 37.6 Å². The number of methoxy groups -OCH3 is 1. The van der Waals surface area contributed by atoms with Crippen LogP contribution in [0, 0.1) is 17.8 Å². The number of ether oxygens (including phenoxy) is 2. The predicted octanol–water partition coefficient (Wildman–Crippen LogP) is 4.68. The van der Waals surface area contributed by atoms with Gasteiger partial charge in [0.15, 0.2) is 0 Å². The minimum Gasteiger partial charge on any atom is -0.497 e. The lowest BCUT2D eigenvalue weighted by Crippen LogP contribution is -2.61. The van der Waals surface area contributed by atoms with E-state index in [4.69, 9.17) is 9.47 Å². The number of fused-ring (bicyclic) bond motifs is 3. The highest BCUT2D eigenvalue weighted by Crippen LogP contribution is 2.48. The van der Waals surface area contributed by atoms with Crippen molar-refractivity contribution >= 4 is 44.6 Å². The molecule has 3 aliphatic carbocycles. The average Bonchev–Trinajstić information content (AvgIpc) is 3.90. The van der Waals surface area contributed by atoms with Crippen LogP contribution in [0.15, 0.2) is 42.6 Å². The lowest BCUT2D eigenvalue weighted by molar-refractivity contribution is -0.145. The number of carbonyl (C=O) groups is 4. The molecule has 1 saturated heterocycles. The third-order valence-corrected chi connectivity index (χ3v) is 14.0. The number of nitrogens with zero attached hydrogens (tertiary/aromatic N) is 3. The molecule has 4 fully saturated rings. The third kappa shape index (κ3) is 7.58. The summed E-state index contributed by atoms with van der Waals surface area (Å²) in [5.74, 6) is -2.28. The first-order chi connectivity index (χ1) is 26.2. The number of amides is 4. The minimum absolute atomic E-state index is 0.0239. The number of aromatic nitrogens is 1. The Balaban J connectivity index is 1.25. The van der Waals surface area contributed by atoms with Gasteiger partial charge in [-0.25, -0.2) is 27.3 Å². The average molecular weight is 784 g/mol. The molecule has 0 unspecified atom stereocenters. The molecule has 1 aromatic carbocycles. The molecule has 298 valence electrons. The number of sulfonamides is 1. The molecule has 2 aliphatic heterocycles. The van der Waals surface area contributed by atoms with E-state index in [1.165, 1.54) is 9.80 Å². The zero-order valence-electron chi connectivity index (χ0n) is 31.4. The molecule has 0 radical (unpaired) electrons. The predicted molar refractivity (Wildman–Crippen MR) is 199 cm³/mol. The summed E-state index contributed by atoms with van der Waals surface area (Å²) in [5.41, 5.74) is -1.70. The van der Waals surface area contributed by atoms with Crippen LogP contribution in [0.2, 0.25) is 0 Å². The normalized spacial score (nSPS) is 31.0. The lowest BCUT2D eigenvalue weighted by atomic mass is 9.86. The second-order valence-electron chi connectivity index (χ2n) is 16.2. The fraction of sp³-hybridized carbons (Fsp3) is 0.615. The molecule has 5 aliphatic rings. The first-order valence-corrected chi connectivity index (χ1v) is 20.8. The Bertz CT molecular complexity index is 1990. The Kier molecular flexibility index (Phi) is 10.5.